The van der Waals surface area contributed by atoms with Gasteiger partial charge in [0.2, 0.25) is 11.8 Å². The summed E-state index contributed by atoms with van der Waals surface area (Å²) in [6.45, 7) is 2.69. The molecule has 0 bridgehead atoms. The number of hydrogen-bond acceptors (Lipinski definition) is 5. The maximum Gasteiger partial charge on any atom is 0.234 e. The van der Waals surface area contributed by atoms with E-state index in [4.69, 9.17) is 0 Å². The van der Waals surface area contributed by atoms with Crippen LogP contribution in [-0.4, -0.2) is 62.3 Å². The van der Waals surface area contributed by atoms with Gasteiger partial charge in [-0.2, -0.15) is 0 Å². The van der Waals surface area contributed by atoms with Gasteiger partial charge in [0.1, 0.15) is 5.82 Å². The molecule has 1 aromatic carbocycles. The molecule has 2 N–H and O–H groups in total. The molecule has 144 valence electrons. The van der Waals surface area contributed by atoms with Crippen LogP contribution in [0.2, 0.25) is 0 Å². The third kappa shape index (κ3) is 6.72. The minimum atomic E-state index is -3.05. The molecule has 1 heterocycles. The molecule has 0 aliphatic carbocycles. The van der Waals surface area contributed by atoms with E-state index in [-0.39, 0.29) is 54.8 Å². The summed E-state index contributed by atoms with van der Waals surface area (Å²) in [5.74, 6) is -0.796. The summed E-state index contributed by atoms with van der Waals surface area (Å²) in [7, 11) is -3.05. The van der Waals surface area contributed by atoms with E-state index in [1.165, 1.54) is 12.1 Å². The van der Waals surface area contributed by atoms with Crippen molar-refractivity contribution >= 4 is 21.7 Å². The summed E-state index contributed by atoms with van der Waals surface area (Å²) < 4.78 is 35.7. The van der Waals surface area contributed by atoms with Crippen LogP contribution in [0, 0.1) is 5.82 Å². The molecule has 1 saturated heterocycles. The number of carbonyl (C=O) groups is 2. The van der Waals surface area contributed by atoms with E-state index in [1.54, 1.807) is 17.0 Å². The number of nitrogens with one attached hydrogen (secondary N) is 2. The first kappa shape index (κ1) is 20.3. The van der Waals surface area contributed by atoms with Gasteiger partial charge in [0.15, 0.2) is 9.84 Å². The lowest BCUT2D eigenvalue weighted by Gasteiger charge is -2.20. The number of carbonyl (C=O) groups excluding carboxylic acids is 2. The highest BCUT2D eigenvalue weighted by molar-refractivity contribution is 7.91. The lowest BCUT2D eigenvalue weighted by molar-refractivity contribution is -0.125. The summed E-state index contributed by atoms with van der Waals surface area (Å²) >= 11 is 0. The van der Waals surface area contributed by atoms with E-state index in [1.807, 2.05) is 6.92 Å². The van der Waals surface area contributed by atoms with Gasteiger partial charge in [0.25, 0.3) is 0 Å². The van der Waals surface area contributed by atoms with E-state index >= 15 is 0 Å². The number of rotatable bonds is 8. The van der Waals surface area contributed by atoms with Crippen molar-refractivity contribution < 1.29 is 22.4 Å². The molecule has 0 radical (unpaired) electrons. The fraction of sp³-hybridized carbons (Fsp3) is 0.529. The molecule has 0 saturated carbocycles. The Morgan fingerprint density at radius 1 is 1.19 bits per heavy atom. The second-order valence-corrected chi connectivity index (χ2v) is 8.60. The van der Waals surface area contributed by atoms with Gasteiger partial charge in [-0.1, -0.05) is 19.1 Å². The second kappa shape index (κ2) is 9.09. The standard InChI is InChI=1S/C17H24FN3O4S/c1-2-21(11-17(23)20-15-7-8-26(24,25)12-15)10-16(22)19-9-13-3-5-14(18)6-4-13/h3-6,15H,2,7-12H2,1H3,(H,19,22)(H,20,23). The average Bonchev–Trinajstić information content (AvgIpc) is 2.92. The zero-order valence-corrected chi connectivity index (χ0v) is 15.5. The predicted octanol–water partition coefficient (Wildman–Crippen LogP) is 0.0671. The smallest absolute Gasteiger partial charge is 0.234 e. The van der Waals surface area contributed by atoms with Gasteiger partial charge in [0, 0.05) is 12.6 Å². The van der Waals surface area contributed by atoms with Crippen LogP contribution in [0.1, 0.15) is 18.9 Å². The van der Waals surface area contributed by atoms with Crippen molar-refractivity contribution in [2.24, 2.45) is 0 Å². The van der Waals surface area contributed by atoms with Crippen LogP contribution < -0.4 is 10.6 Å². The molecule has 1 aliphatic rings. The molecule has 7 nitrogen and oxygen atoms in total. The third-order valence-corrected chi connectivity index (χ3v) is 5.95. The predicted molar refractivity (Wildman–Crippen MR) is 95.6 cm³/mol. The largest absolute Gasteiger partial charge is 0.351 e. The number of benzene rings is 1. The van der Waals surface area contributed by atoms with Crippen molar-refractivity contribution in [3.8, 4) is 0 Å². The van der Waals surface area contributed by atoms with Crippen molar-refractivity contribution in [1.29, 1.82) is 0 Å². The highest BCUT2D eigenvalue weighted by Gasteiger charge is 2.29. The van der Waals surface area contributed by atoms with Crippen LogP contribution >= 0.6 is 0 Å². The van der Waals surface area contributed by atoms with Gasteiger partial charge in [-0.25, -0.2) is 12.8 Å². The average molecular weight is 385 g/mol. The molecule has 1 aliphatic heterocycles. The highest BCUT2D eigenvalue weighted by Crippen LogP contribution is 2.11. The number of nitrogens with zero attached hydrogens (tertiary/aromatic N) is 1. The van der Waals surface area contributed by atoms with Crippen LogP contribution in [0.5, 0.6) is 0 Å². The van der Waals surface area contributed by atoms with Gasteiger partial charge in [-0.3, -0.25) is 14.5 Å². The van der Waals surface area contributed by atoms with Crippen LogP contribution in [-0.2, 0) is 26.0 Å². The number of likely N-dealkylation sites (N-methyl/N-ethyl adjacent to an activating group) is 1. The minimum Gasteiger partial charge on any atom is -0.351 e. The first-order chi connectivity index (χ1) is 12.3. The summed E-state index contributed by atoms with van der Waals surface area (Å²) in [6.07, 6.45) is 0.429. The van der Waals surface area contributed by atoms with E-state index in [0.717, 1.165) is 5.56 Å². The summed E-state index contributed by atoms with van der Waals surface area (Å²) in [4.78, 5) is 25.7. The molecule has 1 atom stereocenters. The summed E-state index contributed by atoms with van der Waals surface area (Å²) in [5, 5.41) is 5.43. The lowest BCUT2D eigenvalue weighted by Crippen LogP contribution is -2.45. The molecule has 0 spiro atoms. The van der Waals surface area contributed by atoms with Gasteiger partial charge in [-0.15, -0.1) is 0 Å². The Kier molecular flexibility index (Phi) is 7.10. The second-order valence-electron chi connectivity index (χ2n) is 6.37. The van der Waals surface area contributed by atoms with Crippen LogP contribution in [0.3, 0.4) is 0 Å². The maximum atomic E-state index is 12.8. The van der Waals surface area contributed by atoms with E-state index < -0.39 is 9.84 Å². The molecular weight excluding hydrogens is 361 g/mol. The van der Waals surface area contributed by atoms with Crippen molar-refractivity contribution in [3.63, 3.8) is 0 Å². The van der Waals surface area contributed by atoms with Gasteiger partial charge in [-0.05, 0) is 30.7 Å². The van der Waals surface area contributed by atoms with E-state index in [9.17, 15) is 22.4 Å². The Morgan fingerprint density at radius 3 is 2.42 bits per heavy atom. The Labute approximate surface area is 152 Å². The zero-order chi connectivity index (χ0) is 19.2. The van der Waals surface area contributed by atoms with Crippen molar-refractivity contribution in [2.75, 3.05) is 31.1 Å². The monoisotopic (exact) mass is 385 g/mol. The highest BCUT2D eigenvalue weighted by atomic mass is 32.2. The molecule has 2 rings (SSSR count). The lowest BCUT2D eigenvalue weighted by atomic mass is 10.2. The van der Waals surface area contributed by atoms with Crippen molar-refractivity contribution in [1.82, 2.24) is 15.5 Å². The van der Waals surface area contributed by atoms with E-state index in [0.29, 0.717) is 13.0 Å². The number of hydrogen-bond donors (Lipinski definition) is 2. The quantitative estimate of drug-likeness (QED) is 0.660. The number of sulfone groups is 1. The fourth-order valence-corrected chi connectivity index (χ4v) is 4.40. The topological polar surface area (TPSA) is 95.6 Å². The Bertz CT molecular complexity index is 737. The molecule has 9 heteroatoms. The molecule has 0 aromatic heterocycles. The molecule has 26 heavy (non-hydrogen) atoms. The molecule has 1 aromatic rings. The van der Waals surface area contributed by atoms with Crippen LogP contribution in [0.4, 0.5) is 4.39 Å². The molecule has 2 amide bonds. The fourth-order valence-electron chi connectivity index (χ4n) is 2.73. The molecular formula is C17H24FN3O4S. The van der Waals surface area contributed by atoms with Gasteiger partial charge < -0.3 is 10.6 Å². The van der Waals surface area contributed by atoms with Crippen LogP contribution in [0.15, 0.2) is 24.3 Å². The van der Waals surface area contributed by atoms with Crippen LogP contribution in [0.25, 0.3) is 0 Å². The van der Waals surface area contributed by atoms with Crippen molar-refractivity contribution in [2.45, 2.75) is 25.9 Å². The first-order valence-electron chi connectivity index (χ1n) is 8.50. The Balaban J connectivity index is 1.74. The van der Waals surface area contributed by atoms with Gasteiger partial charge >= 0.3 is 0 Å². The molecule has 1 fully saturated rings. The maximum absolute atomic E-state index is 12.8. The molecule has 1 unspecified atom stereocenters. The first-order valence-corrected chi connectivity index (χ1v) is 10.3. The van der Waals surface area contributed by atoms with Gasteiger partial charge in [0.05, 0.1) is 24.6 Å². The normalized spacial score (nSPS) is 18.7. The number of halogens is 1. The summed E-state index contributed by atoms with van der Waals surface area (Å²) in [6, 6.07) is 5.49. The number of amides is 2. The Hall–Kier alpha value is -2.00. The third-order valence-electron chi connectivity index (χ3n) is 4.18. The minimum absolute atomic E-state index is 0.0248. The van der Waals surface area contributed by atoms with Crippen molar-refractivity contribution in [3.05, 3.63) is 35.6 Å². The summed E-state index contributed by atoms with van der Waals surface area (Å²) in [5.41, 5.74) is 0.781. The van der Waals surface area contributed by atoms with E-state index in [2.05, 4.69) is 10.6 Å². The Morgan fingerprint density at radius 2 is 1.85 bits per heavy atom. The zero-order valence-electron chi connectivity index (χ0n) is 14.7. The SMILES string of the molecule is CCN(CC(=O)NCc1ccc(F)cc1)CC(=O)NC1CCS(=O)(=O)C1.